The quantitative estimate of drug-likeness (QED) is 0.823. The SMILES string of the molecule is CC(C)(C)OC(=O)Nc1cccc(N2CC(S)CC2=O)n1. The van der Waals surface area contributed by atoms with Crippen LogP contribution in [0.25, 0.3) is 0 Å². The molecule has 1 aliphatic heterocycles. The van der Waals surface area contributed by atoms with Crippen molar-refractivity contribution in [2.24, 2.45) is 0 Å². The second kappa shape index (κ2) is 5.93. The molecule has 1 aliphatic rings. The Morgan fingerprint density at radius 1 is 1.48 bits per heavy atom. The Hall–Kier alpha value is -1.76. The number of aromatic nitrogens is 1. The molecule has 0 aliphatic carbocycles. The number of nitrogens with one attached hydrogen (secondary N) is 1. The number of rotatable bonds is 2. The summed E-state index contributed by atoms with van der Waals surface area (Å²) in [5, 5.41) is 2.57. The largest absolute Gasteiger partial charge is 0.444 e. The molecule has 1 saturated heterocycles. The molecule has 2 rings (SSSR count). The fourth-order valence-electron chi connectivity index (χ4n) is 1.96. The number of thiol groups is 1. The maximum absolute atomic E-state index is 11.8. The first-order valence-electron chi connectivity index (χ1n) is 6.70. The number of amides is 2. The molecule has 2 heterocycles. The highest BCUT2D eigenvalue weighted by atomic mass is 32.1. The smallest absolute Gasteiger partial charge is 0.413 e. The third-order valence-corrected chi connectivity index (χ3v) is 3.09. The second-order valence-electron chi connectivity index (χ2n) is 5.87. The van der Waals surface area contributed by atoms with Crippen LogP contribution in [0.15, 0.2) is 18.2 Å². The van der Waals surface area contributed by atoms with Gasteiger partial charge < -0.3 is 4.74 Å². The minimum atomic E-state index is -0.578. The van der Waals surface area contributed by atoms with E-state index in [1.807, 2.05) is 0 Å². The standard InChI is InChI=1S/C14H19N3O3S/c1-14(2,3)20-13(19)16-10-5-4-6-11(15-10)17-8-9(21)7-12(17)18/h4-6,9,21H,7-8H2,1-3H3,(H,15,16,19). The van der Waals surface area contributed by atoms with Crippen molar-refractivity contribution in [2.75, 3.05) is 16.8 Å². The minimum Gasteiger partial charge on any atom is -0.444 e. The van der Waals surface area contributed by atoms with Crippen LogP contribution in [0.2, 0.25) is 0 Å². The Labute approximate surface area is 129 Å². The summed E-state index contributed by atoms with van der Waals surface area (Å²) in [7, 11) is 0. The average molecular weight is 309 g/mol. The van der Waals surface area contributed by atoms with Gasteiger partial charge in [-0.15, -0.1) is 0 Å². The summed E-state index contributed by atoms with van der Waals surface area (Å²) in [5.74, 6) is 0.833. The van der Waals surface area contributed by atoms with Crippen molar-refractivity contribution in [2.45, 2.75) is 38.0 Å². The maximum atomic E-state index is 11.8. The molecule has 0 aromatic carbocycles. The number of nitrogens with zero attached hydrogens (tertiary/aromatic N) is 2. The van der Waals surface area contributed by atoms with E-state index in [-0.39, 0.29) is 11.2 Å². The molecule has 0 saturated carbocycles. The topological polar surface area (TPSA) is 71.5 Å². The number of hydrogen-bond donors (Lipinski definition) is 2. The van der Waals surface area contributed by atoms with Gasteiger partial charge in [-0.1, -0.05) is 6.07 Å². The highest BCUT2D eigenvalue weighted by Crippen LogP contribution is 2.23. The van der Waals surface area contributed by atoms with Crippen LogP contribution in [-0.4, -0.2) is 34.4 Å². The first-order valence-corrected chi connectivity index (χ1v) is 7.22. The number of carbonyl (C=O) groups excluding carboxylic acids is 2. The van der Waals surface area contributed by atoms with Gasteiger partial charge in [0.2, 0.25) is 5.91 Å². The highest BCUT2D eigenvalue weighted by Gasteiger charge is 2.29. The van der Waals surface area contributed by atoms with Crippen LogP contribution >= 0.6 is 12.6 Å². The summed E-state index contributed by atoms with van der Waals surface area (Å²) in [6.45, 7) is 5.87. The van der Waals surface area contributed by atoms with E-state index < -0.39 is 11.7 Å². The molecular weight excluding hydrogens is 290 g/mol. The van der Waals surface area contributed by atoms with E-state index in [0.29, 0.717) is 24.6 Å². The normalized spacial score (nSPS) is 18.8. The Morgan fingerprint density at radius 2 is 2.19 bits per heavy atom. The van der Waals surface area contributed by atoms with Gasteiger partial charge in [0.15, 0.2) is 0 Å². The van der Waals surface area contributed by atoms with E-state index in [9.17, 15) is 9.59 Å². The fourth-order valence-corrected chi connectivity index (χ4v) is 2.28. The van der Waals surface area contributed by atoms with Gasteiger partial charge >= 0.3 is 6.09 Å². The monoisotopic (exact) mass is 309 g/mol. The lowest BCUT2D eigenvalue weighted by Gasteiger charge is -2.20. The molecule has 1 unspecified atom stereocenters. The van der Waals surface area contributed by atoms with Gasteiger partial charge in [-0.25, -0.2) is 9.78 Å². The molecule has 6 nitrogen and oxygen atoms in total. The maximum Gasteiger partial charge on any atom is 0.413 e. The van der Waals surface area contributed by atoms with E-state index >= 15 is 0 Å². The van der Waals surface area contributed by atoms with E-state index in [1.54, 1.807) is 43.9 Å². The number of ether oxygens (including phenoxy) is 1. The van der Waals surface area contributed by atoms with E-state index in [2.05, 4.69) is 22.9 Å². The van der Waals surface area contributed by atoms with E-state index in [1.165, 1.54) is 0 Å². The van der Waals surface area contributed by atoms with Gasteiger partial charge in [0.25, 0.3) is 0 Å². The van der Waals surface area contributed by atoms with Crippen LogP contribution in [0, 0.1) is 0 Å². The Morgan fingerprint density at radius 3 is 2.76 bits per heavy atom. The predicted molar refractivity (Wildman–Crippen MR) is 83.8 cm³/mol. The zero-order valence-electron chi connectivity index (χ0n) is 12.3. The summed E-state index contributed by atoms with van der Waals surface area (Å²) >= 11 is 4.31. The Bertz CT molecular complexity index is 557. The molecule has 2 amide bonds. The van der Waals surface area contributed by atoms with Crippen molar-refractivity contribution < 1.29 is 14.3 Å². The van der Waals surface area contributed by atoms with Crippen molar-refractivity contribution in [3.05, 3.63) is 18.2 Å². The molecule has 21 heavy (non-hydrogen) atoms. The molecule has 0 radical (unpaired) electrons. The molecule has 1 N–H and O–H groups in total. The molecular formula is C14H19N3O3S. The minimum absolute atomic E-state index is 0.0155. The van der Waals surface area contributed by atoms with Crippen LogP contribution in [0.5, 0.6) is 0 Å². The Kier molecular flexibility index (Phi) is 4.41. The zero-order valence-corrected chi connectivity index (χ0v) is 13.2. The lowest BCUT2D eigenvalue weighted by Crippen LogP contribution is -2.28. The van der Waals surface area contributed by atoms with Gasteiger partial charge in [0.1, 0.15) is 17.2 Å². The van der Waals surface area contributed by atoms with Crippen LogP contribution in [-0.2, 0) is 9.53 Å². The summed E-state index contributed by atoms with van der Waals surface area (Å²) in [5.41, 5.74) is -0.578. The number of carbonyl (C=O) groups is 2. The molecule has 1 aromatic rings. The lowest BCUT2D eigenvalue weighted by atomic mass is 10.2. The summed E-state index contributed by atoms with van der Waals surface area (Å²) < 4.78 is 5.16. The molecule has 7 heteroatoms. The van der Waals surface area contributed by atoms with Gasteiger partial charge in [-0.3, -0.25) is 15.0 Å². The molecule has 0 bridgehead atoms. The van der Waals surface area contributed by atoms with Crippen molar-refractivity contribution in [1.29, 1.82) is 0 Å². The number of anilines is 2. The molecule has 114 valence electrons. The van der Waals surface area contributed by atoms with Crippen LogP contribution in [0.1, 0.15) is 27.2 Å². The van der Waals surface area contributed by atoms with Crippen molar-refractivity contribution in [3.63, 3.8) is 0 Å². The fraction of sp³-hybridized carbons (Fsp3) is 0.500. The van der Waals surface area contributed by atoms with Crippen molar-refractivity contribution in [3.8, 4) is 0 Å². The van der Waals surface area contributed by atoms with Gasteiger partial charge in [0, 0.05) is 18.2 Å². The molecule has 1 fully saturated rings. The third-order valence-electron chi connectivity index (χ3n) is 2.74. The molecule has 1 aromatic heterocycles. The van der Waals surface area contributed by atoms with Crippen LogP contribution in [0.3, 0.4) is 0 Å². The number of pyridine rings is 1. The lowest BCUT2D eigenvalue weighted by molar-refractivity contribution is -0.117. The van der Waals surface area contributed by atoms with Crippen LogP contribution in [0.4, 0.5) is 16.4 Å². The highest BCUT2D eigenvalue weighted by molar-refractivity contribution is 7.81. The van der Waals surface area contributed by atoms with Crippen molar-refractivity contribution in [1.82, 2.24) is 4.98 Å². The van der Waals surface area contributed by atoms with E-state index in [4.69, 9.17) is 4.74 Å². The summed E-state index contributed by atoms with van der Waals surface area (Å²) in [6, 6.07) is 5.10. The van der Waals surface area contributed by atoms with E-state index in [0.717, 1.165) is 0 Å². The van der Waals surface area contributed by atoms with Crippen LogP contribution < -0.4 is 10.2 Å². The molecule has 1 atom stereocenters. The Balaban J connectivity index is 2.08. The summed E-state index contributed by atoms with van der Waals surface area (Å²) in [6.07, 6.45) is -0.180. The predicted octanol–water partition coefficient (Wildman–Crippen LogP) is 2.46. The van der Waals surface area contributed by atoms with Gasteiger partial charge in [0.05, 0.1) is 0 Å². The first kappa shape index (κ1) is 15.6. The van der Waals surface area contributed by atoms with Crippen molar-refractivity contribution >= 4 is 36.3 Å². The number of hydrogen-bond acceptors (Lipinski definition) is 5. The average Bonchev–Trinajstić information content (AvgIpc) is 2.66. The molecule has 0 spiro atoms. The van der Waals surface area contributed by atoms with Gasteiger partial charge in [-0.05, 0) is 32.9 Å². The second-order valence-corrected chi connectivity index (χ2v) is 6.60. The van der Waals surface area contributed by atoms with Gasteiger partial charge in [-0.2, -0.15) is 12.6 Å². The summed E-state index contributed by atoms with van der Waals surface area (Å²) in [4.78, 5) is 29.4. The third kappa shape index (κ3) is 4.35. The zero-order chi connectivity index (χ0) is 15.6. The first-order chi connectivity index (χ1) is 9.74.